The second-order valence-corrected chi connectivity index (χ2v) is 8.17. The fourth-order valence-electron chi connectivity index (χ4n) is 3.51. The van der Waals surface area contributed by atoms with E-state index in [-0.39, 0.29) is 47.3 Å². The molecule has 4 N–H and O–H groups in total. The monoisotopic (exact) mass is 573 g/mol. The lowest BCUT2D eigenvalue weighted by Gasteiger charge is -2.17. The highest BCUT2D eigenvalue weighted by molar-refractivity contribution is 5.93. The fourth-order valence-corrected chi connectivity index (χ4v) is 3.51. The van der Waals surface area contributed by atoms with Gasteiger partial charge in [0.05, 0.1) is 51.2 Å². The second-order valence-electron chi connectivity index (χ2n) is 8.17. The van der Waals surface area contributed by atoms with Gasteiger partial charge in [-0.2, -0.15) is 10.1 Å². The molecule has 4 amide bonds. The van der Waals surface area contributed by atoms with E-state index in [0.29, 0.717) is 10.1 Å². The van der Waals surface area contributed by atoms with Crippen molar-refractivity contribution in [1.29, 1.82) is 0 Å². The third kappa shape index (κ3) is 7.61. The predicted octanol–water partition coefficient (Wildman–Crippen LogP) is 1.99. The molecule has 0 aliphatic rings. The van der Waals surface area contributed by atoms with Crippen molar-refractivity contribution in [2.24, 2.45) is 0 Å². The van der Waals surface area contributed by atoms with Crippen LogP contribution in [-0.2, 0) is 32.2 Å². The zero-order chi connectivity index (χ0) is 30.1. The molecule has 3 aromatic rings. The van der Waals surface area contributed by atoms with E-state index in [1.807, 2.05) is 0 Å². The van der Waals surface area contributed by atoms with Gasteiger partial charge in [0.15, 0.2) is 13.1 Å². The maximum absolute atomic E-state index is 12.7. The molecule has 0 saturated carbocycles. The number of nitrogens with one attached hydrogen (secondary N) is 2. The number of carbonyl (C=O) groups excluding carboxylic acids is 4. The first-order valence-electron chi connectivity index (χ1n) is 11.7. The van der Waals surface area contributed by atoms with E-state index in [4.69, 9.17) is 9.47 Å². The van der Waals surface area contributed by atoms with Gasteiger partial charge in [-0.3, -0.25) is 30.6 Å². The Kier molecular flexibility index (Phi) is 10.0. The van der Waals surface area contributed by atoms with Crippen molar-refractivity contribution in [3.8, 4) is 11.5 Å². The summed E-state index contributed by atoms with van der Waals surface area (Å²) in [5.74, 6) is -1.08. The maximum atomic E-state index is 12.7. The van der Waals surface area contributed by atoms with Gasteiger partial charge in [-0.15, -0.1) is 0 Å². The van der Waals surface area contributed by atoms with Crippen molar-refractivity contribution in [2.45, 2.75) is 13.1 Å². The van der Waals surface area contributed by atoms with Crippen LogP contribution in [-0.4, -0.2) is 67.4 Å². The van der Waals surface area contributed by atoms with Crippen LogP contribution in [0.15, 0.2) is 55.1 Å². The largest absolute Gasteiger partial charge is 0.494 e. The van der Waals surface area contributed by atoms with E-state index in [2.05, 4.69) is 20.1 Å². The Morgan fingerprint density at radius 3 is 1.76 bits per heavy atom. The number of amides is 4. The first kappa shape index (κ1) is 30.2. The van der Waals surface area contributed by atoms with Crippen LogP contribution in [0, 0.1) is 0 Å². The molecule has 16 heteroatoms. The van der Waals surface area contributed by atoms with Crippen LogP contribution in [0.25, 0.3) is 0 Å². The predicted molar refractivity (Wildman–Crippen MR) is 141 cm³/mol. The number of hydrogen-bond donors (Lipinski definition) is 4. The highest BCUT2D eigenvalue weighted by Crippen LogP contribution is 2.30. The molecule has 0 saturated heterocycles. The van der Waals surface area contributed by atoms with Gasteiger partial charge < -0.3 is 18.9 Å². The van der Waals surface area contributed by atoms with Gasteiger partial charge in [0, 0.05) is 12.1 Å². The number of hydroxylamine groups is 2. The lowest BCUT2D eigenvalue weighted by atomic mass is 10.2. The van der Waals surface area contributed by atoms with Crippen LogP contribution in [0.4, 0.5) is 32.3 Å². The van der Waals surface area contributed by atoms with Gasteiger partial charge in [0.2, 0.25) is 6.33 Å². The quantitative estimate of drug-likeness (QED) is 0.159. The normalized spacial score (nSPS) is 10.3. The Morgan fingerprint density at radius 1 is 0.805 bits per heavy atom. The molecule has 0 bridgehead atoms. The molecule has 0 aliphatic heterocycles. The lowest BCUT2D eigenvalue weighted by Crippen LogP contribution is -2.43. The van der Waals surface area contributed by atoms with Crippen molar-refractivity contribution in [3.05, 3.63) is 55.1 Å². The summed E-state index contributed by atoms with van der Waals surface area (Å²) in [5.41, 5.74) is 0.698. The Morgan fingerprint density at radius 2 is 1.29 bits per heavy atom. The van der Waals surface area contributed by atoms with Gasteiger partial charge in [0.25, 0.3) is 11.8 Å². The standard InChI is InChI=1S/C25H28N6O10/c1-38-20-11-16(5-7-18(20)26-24(34)40-3)30(36)22(32)13-28-9-10-29(15-28)14-23(33)31(37)17-6-8-19(21(12-17)39-2)27-25(35)41-4/h5-12,15,36-37H,13-14H2,1-4H3,(H-,26,27,34,35)/p+1. The summed E-state index contributed by atoms with van der Waals surface area (Å²) in [6.45, 7) is -0.590. The van der Waals surface area contributed by atoms with Crippen LogP contribution < -0.4 is 34.8 Å². The molecule has 3 rings (SSSR count). The first-order chi connectivity index (χ1) is 19.6. The number of benzene rings is 2. The minimum Gasteiger partial charge on any atom is -0.494 e. The lowest BCUT2D eigenvalue weighted by molar-refractivity contribution is -0.683. The number of nitrogens with zero attached hydrogens (tertiary/aromatic N) is 4. The number of methoxy groups -OCH3 is 4. The van der Waals surface area contributed by atoms with Gasteiger partial charge in [-0.05, 0) is 24.3 Å². The number of ether oxygens (including phenoxy) is 4. The van der Waals surface area contributed by atoms with Gasteiger partial charge in [0.1, 0.15) is 23.9 Å². The third-order valence-electron chi connectivity index (χ3n) is 5.56. The Labute approximate surface area is 233 Å². The molecule has 16 nitrogen and oxygen atoms in total. The molecule has 0 radical (unpaired) electrons. The summed E-state index contributed by atoms with van der Waals surface area (Å²) >= 11 is 0. The average molecular weight is 574 g/mol. The van der Waals surface area contributed by atoms with E-state index in [0.717, 1.165) is 0 Å². The highest BCUT2D eigenvalue weighted by atomic mass is 16.5. The Bertz CT molecular complexity index is 1320. The number of aromatic nitrogens is 2. The molecule has 2 aromatic carbocycles. The van der Waals surface area contributed by atoms with Crippen molar-refractivity contribution in [2.75, 3.05) is 49.2 Å². The summed E-state index contributed by atoms with van der Waals surface area (Å²) in [4.78, 5) is 48.3. The SMILES string of the molecule is COC(=O)Nc1ccc(N(O)C(=O)Cn2cc[n+](CC(=O)N(O)c3ccc(NC(=O)OC)c(OC)c3)c2)cc1OC. The molecule has 41 heavy (non-hydrogen) atoms. The Balaban J connectivity index is 1.63. The van der Waals surface area contributed by atoms with E-state index in [9.17, 15) is 29.6 Å². The molecule has 1 heterocycles. The van der Waals surface area contributed by atoms with Crippen LogP contribution in [0.5, 0.6) is 11.5 Å². The molecule has 0 aliphatic carbocycles. The summed E-state index contributed by atoms with van der Waals surface area (Å²) in [6, 6.07) is 8.33. The molecule has 0 fully saturated rings. The number of anilines is 4. The number of imidazole rings is 1. The molecule has 0 unspecified atom stereocenters. The smallest absolute Gasteiger partial charge is 0.411 e. The molecular formula is C25H29N6O10+. The van der Waals surface area contributed by atoms with Crippen molar-refractivity contribution in [1.82, 2.24) is 4.57 Å². The molecule has 218 valence electrons. The molecule has 1 aromatic heterocycles. The zero-order valence-corrected chi connectivity index (χ0v) is 22.6. The number of rotatable bonds is 10. The van der Waals surface area contributed by atoms with Crippen molar-refractivity contribution < 1.29 is 53.1 Å². The van der Waals surface area contributed by atoms with E-state index < -0.39 is 24.0 Å². The topological polar surface area (TPSA) is 185 Å². The van der Waals surface area contributed by atoms with Crippen molar-refractivity contribution in [3.63, 3.8) is 0 Å². The minimum atomic E-state index is -0.720. The molecule has 0 atom stereocenters. The number of carbonyl (C=O) groups is 4. The van der Waals surface area contributed by atoms with Crippen LogP contribution in [0.3, 0.4) is 0 Å². The molecular weight excluding hydrogens is 544 g/mol. The average Bonchev–Trinajstić information content (AvgIpc) is 3.42. The van der Waals surface area contributed by atoms with Gasteiger partial charge in [-0.1, -0.05) is 0 Å². The summed E-state index contributed by atoms with van der Waals surface area (Å²) in [5, 5.41) is 26.6. The summed E-state index contributed by atoms with van der Waals surface area (Å²) in [7, 11) is 5.11. The Hall–Kier alpha value is -5.35. The van der Waals surface area contributed by atoms with E-state index in [1.54, 1.807) is 0 Å². The maximum Gasteiger partial charge on any atom is 0.411 e. The summed E-state index contributed by atoms with van der Waals surface area (Å²) < 4.78 is 22.3. The van der Waals surface area contributed by atoms with Crippen LogP contribution in [0.1, 0.15) is 0 Å². The zero-order valence-electron chi connectivity index (χ0n) is 22.6. The molecule has 0 spiro atoms. The minimum absolute atomic E-state index is 0.0802. The van der Waals surface area contributed by atoms with Crippen molar-refractivity contribution >= 4 is 46.8 Å². The fraction of sp³-hybridized carbons (Fsp3) is 0.240. The van der Waals surface area contributed by atoms with Gasteiger partial charge >= 0.3 is 12.2 Å². The van der Waals surface area contributed by atoms with Gasteiger partial charge in [-0.25, -0.2) is 18.7 Å². The first-order valence-corrected chi connectivity index (χ1v) is 11.7. The van der Waals surface area contributed by atoms with E-state index in [1.165, 1.54) is 92.7 Å². The van der Waals surface area contributed by atoms with Crippen LogP contribution >= 0.6 is 0 Å². The highest BCUT2D eigenvalue weighted by Gasteiger charge is 2.22. The number of hydrogen-bond acceptors (Lipinski definition) is 10. The second kappa shape index (κ2) is 13.6. The van der Waals surface area contributed by atoms with E-state index >= 15 is 0 Å². The van der Waals surface area contributed by atoms with Crippen LogP contribution in [0.2, 0.25) is 0 Å². The summed E-state index contributed by atoms with van der Waals surface area (Å²) in [6.07, 6.45) is 3.00. The third-order valence-corrected chi connectivity index (χ3v) is 5.56.